The highest BCUT2D eigenvalue weighted by Gasteiger charge is 2.16. The minimum atomic E-state index is -0.787. The first kappa shape index (κ1) is 15.5. The Hall–Kier alpha value is -1.55. The Balaban J connectivity index is 2.74. The molecule has 106 valence electrons. The number of rotatable bonds is 6. The van der Waals surface area contributed by atoms with E-state index in [0.29, 0.717) is 0 Å². The van der Waals surface area contributed by atoms with Gasteiger partial charge < -0.3 is 9.84 Å². The van der Waals surface area contributed by atoms with Crippen molar-refractivity contribution in [1.82, 2.24) is 4.90 Å². The fourth-order valence-electron chi connectivity index (χ4n) is 2.02. The summed E-state index contributed by atoms with van der Waals surface area (Å²) >= 11 is 0. The van der Waals surface area contributed by atoms with Gasteiger partial charge in [-0.05, 0) is 57.0 Å². The van der Waals surface area contributed by atoms with Crippen LogP contribution in [0.4, 0.5) is 0 Å². The minimum Gasteiger partial charge on any atom is -0.496 e. The van der Waals surface area contributed by atoms with E-state index >= 15 is 0 Å². The number of likely N-dealkylation sites (N-methyl/N-ethyl adjacent to an activating group) is 1. The molecular weight excluding hydrogens is 242 g/mol. The third-order valence-corrected chi connectivity index (χ3v) is 3.82. The Labute approximate surface area is 115 Å². The quantitative estimate of drug-likeness (QED) is 0.857. The van der Waals surface area contributed by atoms with Gasteiger partial charge in [-0.1, -0.05) is 6.07 Å². The highest BCUT2D eigenvalue weighted by molar-refractivity contribution is 5.72. The Morgan fingerprint density at radius 1 is 1.37 bits per heavy atom. The first-order chi connectivity index (χ1) is 8.88. The van der Waals surface area contributed by atoms with Gasteiger partial charge in [0.05, 0.1) is 7.11 Å². The highest BCUT2D eigenvalue weighted by Crippen LogP contribution is 2.24. The zero-order valence-electron chi connectivity index (χ0n) is 12.4. The van der Waals surface area contributed by atoms with Gasteiger partial charge in [0.15, 0.2) is 0 Å². The summed E-state index contributed by atoms with van der Waals surface area (Å²) < 4.78 is 5.29. The van der Waals surface area contributed by atoms with Crippen molar-refractivity contribution in [3.05, 3.63) is 28.8 Å². The van der Waals surface area contributed by atoms with Crippen LogP contribution >= 0.6 is 0 Å². The van der Waals surface area contributed by atoms with Crippen molar-refractivity contribution in [3.8, 4) is 5.75 Å². The topological polar surface area (TPSA) is 49.8 Å². The van der Waals surface area contributed by atoms with Gasteiger partial charge in [-0.25, -0.2) is 0 Å². The van der Waals surface area contributed by atoms with Gasteiger partial charge in [-0.15, -0.1) is 0 Å². The van der Waals surface area contributed by atoms with Crippen molar-refractivity contribution in [2.45, 2.75) is 33.2 Å². The van der Waals surface area contributed by atoms with Gasteiger partial charge in [-0.3, -0.25) is 9.69 Å². The molecule has 0 saturated heterocycles. The molecule has 0 aliphatic heterocycles. The molecule has 1 rings (SSSR count). The predicted molar refractivity (Wildman–Crippen MR) is 75.9 cm³/mol. The van der Waals surface area contributed by atoms with Gasteiger partial charge in [0.1, 0.15) is 11.8 Å². The molecule has 1 aromatic carbocycles. The van der Waals surface area contributed by atoms with Crippen molar-refractivity contribution >= 4 is 5.97 Å². The number of nitrogens with zero attached hydrogens (tertiary/aromatic N) is 1. The summed E-state index contributed by atoms with van der Waals surface area (Å²) in [6.45, 7) is 6.55. The fraction of sp³-hybridized carbons (Fsp3) is 0.533. The van der Waals surface area contributed by atoms with E-state index in [1.54, 1.807) is 14.0 Å². The van der Waals surface area contributed by atoms with Crippen LogP contribution in [-0.4, -0.2) is 42.7 Å². The van der Waals surface area contributed by atoms with E-state index in [-0.39, 0.29) is 0 Å². The molecule has 19 heavy (non-hydrogen) atoms. The maximum atomic E-state index is 10.9. The lowest BCUT2D eigenvalue weighted by atomic mass is 9.99. The summed E-state index contributed by atoms with van der Waals surface area (Å²) in [5, 5.41) is 8.96. The number of methoxy groups -OCH3 is 1. The second kappa shape index (κ2) is 6.57. The summed E-state index contributed by atoms with van der Waals surface area (Å²) in [5.74, 6) is 0.110. The molecule has 0 bridgehead atoms. The van der Waals surface area contributed by atoms with Crippen LogP contribution in [0, 0.1) is 13.8 Å². The molecule has 4 heteroatoms. The largest absolute Gasteiger partial charge is 0.496 e. The lowest BCUT2D eigenvalue weighted by molar-refractivity contribution is -0.142. The lowest BCUT2D eigenvalue weighted by Gasteiger charge is -2.22. The Kier molecular flexibility index (Phi) is 5.36. The van der Waals surface area contributed by atoms with E-state index in [9.17, 15) is 4.79 Å². The van der Waals surface area contributed by atoms with Crippen LogP contribution in [0.15, 0.2) is 12.1 Å². The monoisotopic (exact) mass is 265 g/mol. The molecule has 0 fully saturated rings. The lowest BCUT2D eigenvalue weighted by Crippen LogP contribution is -2.37. The Morgan fingerprint density at radius 2 is 2.00 bits per heavy atom. The number of benzene rings is 1. The molecule has 0 heterocycles. The van der Waals surface area contributed by atoms with Crippen molar-refractivity contribution in [3.63, 3.8) is 0 Å². The molecule has 0 aliphatic carbocycles. The molecular formula is C15H23NO3. The van der Waals surface area contributed by atoms with Crippen LogP contribution < -0.4 is 4.74 Å². The van der Waals surface area contributed by atoms with E-state index in [4.69, 9.17) is 9.84 Å². The van der Waals surface area contributed by atoms with Crippen molar-refractivity contribution in [2.24, 2.45) is 0 Å². The number of carbonyl (C=O) groups is 1. The average molecular weight is 265 g/mol. The Morgan fingerprint density at radius 3 is 2.53 bits per heavy atom. The zero-order chi connectivity index (χ0) is 14.6. The second-order valence-electron chi connectivity index (χ2n) is 4.92. The molecule has 1 aromatic rings. The summed E-state index contributed by atoms with van der Waals surface area (Å²) in [6.07, 6.45) is 0.838. The normalized spacial score (nSPS) is 12.5. The van der Waals surface area contributed by atoms with Crippen LogP contribution in [-0.2, 0) is 11.2 Å². The van der Waals surface area contributed by atoms with Gasteiger partial charge >= 0.3 is 5.97 Å². The third-order valence-electron chi connectivity index (χ3n) is 3.82. The second-order valence-corrected chi connectivity index (χ2v) is 4.92. The molecule has 4 nitrogen and oxygen atoms in total. The van der Waals surface area contributed by atoms with Gasteiger partial charge in [0.2, 0.25) is 0 Å². The van der Waals surface area contributed by atoms with Crippen LogP contribution in [0.3, 0.4) is 0 Å². The van der Waals surface area contributed by atoms with Crippen LogP contribution in [0.2, 0.25) is 0 Å². The summed E-state index contributed by atoms with van der Waals surface area (Å²) in [7, 11) is 3.51. The highest BCUT2D eigenvalue weighted by atomic mass is 16.5. The predicted octanol–water partition coefficient (Wildman–Crippen LogP) is 2.26. The summed E-state index contributed by atoms with van der Waals surface area (Å²) in [4.78, 5) is 12.7. The molecule has 0 amide bonds. The SMILES string of the molecule is COc1ccc(CCN(C)C(C)C(=O)O)c(C)c1C. The van der Waals surface area contributed by atoms with Crippen LogP contribution in [0.5, 0.6) is 5.75 Å². The van der Waals surface area contributed by atoms with Gasteiger partial charge in [0.25, 0.3) is 0 Å². The number of ether oxygens (including phenoxy) is 1. The van der Waals surface area contributed by atoms with Crippen molar-refractivity contribution in [2.75, 3.05) is 20.7 Å². The molecule has 1 unspecified atom stereocenters. The van der Waals surface area contributed by atoms with E-state index in [1.807, 2.05) is 24.9 Å². The molecule has 0 aromatic heterocycles. The summed E-state index contributed by atoms with van der Waals surface area (Å²) in [5.41, 5.74) is 3.60. The van der Waals surface area contributed by atoms with Gasteiger partial charge in [-0.2, -0.15) is 0 Å². The van der Waals surface area contributed by atoms with Crippen LogP contribution in [0.25, 0.3) is 0 Å². The van der Waals surface area contributed by atoms with E-state index < -0.39 is 12.0 Å². The van der Waals surface area contributed by atoms with Crippen molar-refractivity contribution in [1.29, 1.82) is 0 Å². The maximum Gasteiger partial charge on any atom is 0.320 e. The van der Waals surface area contributed by atoms with Crippen LogP contribution in [0.1, 0.15) is 23.6 Å². The number of carboxylic acids is 1. The first-order valence-electron chi connectivity index (χ1n) is 6.44. The standard InChI is InChI=1S/C15H23NO3/c1-10-11(2)14(19-5)7-6-13(10)8-9-16(4)12(3)15(17)18/h6-7,12H,8-9H2,1-5H3,(H,17,18). The van der Waals surface area contributed by atoms with E-state index in [0.717, 1.165) is 24.3 Å². The average Bonchev–Trinajstić information content (AvgIpc) is 2.39. The molecule has 0 aliphatic rings. The molecule has 1 N–H and O–H groups in total. The number of hydrogen-bond acceptors (Lipinski definition) is 3. The van der Waals surface area contributed by atoms with Crippen molar-refractivity contribution < 1.29 is 14.6 Å². The zero-order valence-corrected chi connectivity index (χ0v) is 12.4. The smallest absolute Gasteiger partial charge is 0.320 e. The maximum absolute atomic E-state index is 10.9. The number of hydrogen-bond donors (Lipinski definition) is 1. The minimum absolute atomic E-state index is 0.459. The number of carboxylic acid groups (broad SMARTS) is 1. The molecule has 0 saturated carbocycles. The third kappa shape index (κ3) is 3.70. The Bertz CT molecular complexity index is 457. The van der Waals surface area contributed by atoms with Gasteiger partial charge in [0, 0.05) is 6.54 Å². The van der Waals surface area contributed by atoms with E-state index in [2.05, 4.69) is 13.0 Å². The summed E-state index contributed by atoms with van der Waals surface area (Å²) in [6, 6.07) is 3.57. The molecule has 0 radical (unpaired) electrons. The molecule has 1 atom stereocenters. The first-order valence-corrected chi connectivity index (χ1v) is 6.44. The number of aliphatic carboxylic acids is 1. The van der Waals surface area contributed by atoms with E-state index in [1.165, 1.54) is 11.1 Å². The fourth-order valence-corrected chi connectivity index (χ4v) is 2.02. The molecule has 0 spiro atoms.